The van der Waals surface area contributed by atoms with Gasteiger partial charge in [0.05, 0.1) is 28.9 Å². The zero-order valence-corrected chi connectivity index (χ0v) is 25.8. The van der Waals surface area contributed by atoms with Crippen molar-refractivity contribution in [1.82, 2.24) is 25.1 Å². The molecule has 2 bridgehead atoms. The first kappa shape index (κ1) is 28.8. The molecule has 0 unspecified atom stereocenters. The lowest BCUT2D eigenvalue weighted by Gasteiger charge is -2.37. The van der Waals surface area contributed by atoms with Gasteiger partial charge in [0.25, 0.3) is 0 Å². The Morgan fingerprint density at radius 3 is 2.74 bits per heavy atom. The zero-order chi connectivity index (χ0) is 32.0. The molecule has 4 atom stereocenters. The lowest BCUT2D eigenvalue weighted by molar-refractivity contribution is 0.107. The van der Waals surface area contributed by atoms with Crippen molar-refractivity contribution in [2.45, 2.75) is 55.9 Å². The fourth-order valence-corrected chi connectivity index (χ4v) is 8.83. The van der Waals surface area contributed by atoms with Gasteiger partial charge in [0.2, 0.25) is 0 Å². The molecule has 6 aliphatic heterocycles. The maximum Gasteiger partial charge on any atom is 0.319 e. The average molecular weight is 642 g/mol. The van der Waals surface area contributed by atoms with E-state index in [1.165, 1.54) is 24.3 Å². The predicted molar refractivity (Wildman–Crippen MR) is 172 cm³/mol. The van der Waals surface area contributed by atoms with Crippen LogP contribution in [0.25, 0.3) is 22.3 Å². The summed E-state index contributed by atoms with van der Waals surface area (Å²) in [4.78, 5) is 20.5. The third-order valence-corrected chi connectivity index (χ3v) is 10.8. The SMILES string of the molecule is C#Cc1c(F)ccc2cc(O)cc(C3=C(F)c4nc(OC[C@@]56CCCN5C[C@H](F)C6)nc(N5C[C@H]6CC[C@@H](C5)N6)c4C4=NCCN43)c12. The molecule has 47 heavy (non-hydrogen) atoms. The zero-order valence-electron chi connectivity index (χ0n) is 25.8. The van der Waals surface area contributed by atoms with Crippen molar-refractivity contribution in [1.29, 1.82) is 0 Å². The molecule has 4 saturated heterocycles. The van der Waals surface area contributed by atoms with Crippen LogP contribution in [-0.4, -0.2) is 100 Å². The Hall–Kier alpha value is -4.34. The van der Waals surface area contributed by atoms with E-state index in [1.54, 1.807) is 4.90 Å². The molecule has 1 aromatic heterocycles. The van der Waals surface area contributed by atoms with Gasteiger partial charge in [-0.2, -0.15) is 9.97 Å². The summed E-state index contributed by atoms with van der Waals surface area (Å²) < 4.78 is 53.3. The van der Waals surface area contributed by atoms with E-state index in [0.29, 0.717) is 67.1 Å². The van der Waals surface area contributed by atoms with Crippen LogP contribution in [0.1, 0.15) is 54.5 Å². The number of aromatic hydroxyl groups is 1. The highest BCUT2D eigenvalue weighted by molar-refractivity contribution is 6.18. The minimum Gasteiger partial charge on any atom is -0.508 e. The molecular weight excluding hydrogens is 607 g/mol. The number of phenols is 1. The van der Waals surface area contributed by atoms with Crippen LogP contribution in [0.2, 0.25) is 0 Å². The second kappa shape index (κ2) is 10.6. The normalized spacial score (nSPS) is 28.0. The Bertz CT molecular complexity index is 1930. The largest absolute Gasteiger partial charge is 0.508 e. The number of aromatic nitrogens is 2. The van der Waals surface area contributed by atoms with Gasteiger partial charge in [0.15, 0.2) is 5.83 Å². The number of alkyl halides is 1. The summed E-state index contributed by atoms with van der Waals surface area (Å²) in [6.45, 7) is 3.54. The first-order chi connectivity index (χ1) is 22.8. The third kappa shape index (κ3) is 4.43. The first-order valence-electron chi connectivity index (χ1n) is 16.4. The number of rotatable bonds is 5. The van der Waals surface area contributed by atoms with Gasteiger partial charge in [-0.3, -0.25) is 9.89 Å². The molecule has 6 aliphatic rings. The average Bonchev–Trinajstić information content (AvgIpc) is 3.83. The number of terminal acetylenes is 1. The Kier molecular flexibility index (Phi) is 6.50. The molecule has 9 nitrogen and oxygen atoms in total. The topological polar surface area (TPSA) is 89.4 Å². The fourth-order valence-electron chi connectivity index (χ4n) is 8.83. The van der Waals surface area contributed by atoms with Crippen molar-refractivity contribution < 1.29 is 23.0 Å². The molecule has 0 amide bonds. The molecule has 0 radical (unpaired) electrons. The number of phenolic OH excluding ortho intramolecular Hbond substituents is 1. The van der Waals surface area contributed by atoms with Gasteiger partial charge in [-0.15, -0.1) is 6.42 Å². The summed E-state index contributed by atoms with van der Waals surface area (Å²) in [5.41, 5.74) is 0.393. The van der Waals surface area contributed by atoms with Gasteiger partial charge >= 0.3 is 6.01 Å². The van der Waals surface area contributed by atoms with Gasteiger partial charge in [0.1, 0.15) is 41.7 Å². The van der Waals surface area contributed by atoms with Gasteiger partial charge in [-0.05, 0) is 55.8 Å². The van der Waals surface area contributed by atoms with Crippen molar-refractivity contribution in [2.75, 3.05) is 50.8 Å². The van der Waals surface area contributed by atoms with Crippen LogP contribution in [-0.2, 0) is 0 Å². The van der Waals surface area contributed by atoms with Crippen molar-refractivity contribution in [3.05, 3.63) is 52.5 Å². The van der Waals surface area contributed by atoms with E-state index >= 15 is 8.78 Å². The molecule has 2 N–H and O–H groups in total. The molecule has 7 heterocycles. The molecule has 0 saturated carbocycles. The molecule has 0 aliphatic carbocycles. The number of piperazine rings is 1. The van der Waals surface area contributed by atoms with E-state index in [1.807, 2.05) is 0 Å². The number of anilines is 1. The maximum atomic E-state index is 17.4. The fraction of sp³-hybridized carbons (Fsp3) is 0.457. The van der Waals surface area contributed by atoms with Crippen LogP contribution in [0.4, 0.5) is 19.0 Å². The first-order valence-corrected chi connectivity index (χ1v) is 16.4. The molecule has 9 rings (SSSR count). The molecule has 2 aromatic carbocycles. The van der Waals surface area contributed by atoms with Crippen LogP contribution in [0.3, 0.4) is 0 Å². The van der Waals surface area contributed by atoms with Crippen molar-refractivity contribution >= 4 is 33.9 Å². The van der Waals surface area contributed by atoms with Gasteiger partial charge in [-0.1, -0.05) is 12.0 Å². The van der Waals surface area contributed by atoms with Crippen molar-refractivity contribution in [3.63, 3.8) is 0 Å². The number of amidine groups is 1. The van der Waals surface area contributed by atoms with E-state index in [9.17, 15) is 9.50 Å². The second-order valence-corrected chi connectivity index (χ2v) is 13.6. The van der Waals surface area contributed by atoms with Crippen LogP contribution in [0, 0.1) is 18.2 Å². The van der Waals surface area contributed by atoms with E-state index in [4.69, 9.17) is 21.1 Å². The molecule has 0 spiro atoms. The summed E-state index contributed by atoms with van der Waals surface area (Å²) >= 11 is 0. The maximum absolute atomic E-state index is 17.4. The van der Waals surface area contributed by atoms with E-state index in [0.717, 1.165) is 32.2 Å². The summed E-state index contributed by atoms with van der Waals surface area (Å²) in [6.07, 6.45) is 9.11. The third-order valence-electron chi connectivity index (χ3n) is 10.8. The summed E-state index contributed by atoms with van der Waals surface area (Å²) in [5.74, 6) is 2.09. The number of aliphatic imine (C=N–C) groups is 1. The second-order valence-electron chi connectivity index (χ2n) is 13.6. The van der Waals surface area contributed by atoms with Crippen LogP contribution >= 0.6 is 0 Å². The Morgan fingerprint density at radius 1 is 1.11 bits per heavy atom. The van der Waals surface area contributed by atoms with E-state index in [2.05, 4.69) is 26.0 Å². The van der Waals surface area contributed by atoms with E-state index < -0.39 is 23.4 Å². The molecule has 3 aromatic rings. The Balaban J connectivity index is 1.23. The highest BCUT2D eigenvalue weighted by Gasteiger charge is 2.50. The molecule has 4 fully saturated rings. The highest BCUT2D eigenvalue weighted by atomic mass is 19.1. The smallest absolute Gasteiger partial charge is 0.319 e. The summed E-state index contributed by atoms with van der Waals surface area (Å²) in [6, 6.07) is 6.24. The van der Waals surface area contributed by atoms with Crippen LogP contribution < -0.4 is 15.0 Å². The number of nitrogens with one attached hydrogen (secondary N) is 1. The van der Waals surface area contributed by atoms with Crippen LogP contribution in [0.15, 0.2) is 29.3 Å². The Labute approximate surface area is 270 Å². The van der Waals surface area contributed by atoms with Gasteiger partial charge < -0.3 is 25.0 Å². The molecule has 242 valence electrons. The molecule has 12 heteroatoms. The molecular formula is C35H34F3N7O2. The van der Waals surface area contributed by atoms with Crippen molar-refractivity contribution in [3.8, 4) is 24.1 Å². The quantitative estimate of drug-likeness (QED) is 0.401. The predicted octanol–water partition coefficient (Wildman–Crippen LogP) is 4.22. The minimum absolute atomic E-state index is 0.0193. The summed E-state index contributed by atoms with van der Waals surface area (Å²) in [5, 5.41) is 15.2. The number of halogens is 3. The van der Waals surface area contributed by atoms with Crippen molar-refractivity contribution in [2.24, 2.45) is 4.99 Å². The highest BCUT2D eigenvalue weighted by Crippen LogP contribution is 2.46. The van der Waals surface area contributed by atoms with E-state index in [-0.39, 0.29) is 53.0 Å². The lowest BCUT2D eigenvalue weighted by atomic mass is 9.93. The monoisotopic (exact) mass is 641 g/mol. The number of benzene rings is 2. The number of fused-ring (bicyclic) bond motifs is 7. The van der Waals surface area contributed by atoms with Gasteiger partial charge in [-0.25, -0.2) is 13.2 Å². The Morgan fingerprint density at radius 2 is 1.94 bits per heavy atom. The standard InChI is InChI=1S/C35H34F3N7O2/c1-2-24-26(37)7-4-19-12-23(46)13-25(27(19)24)31-29(38)30-28(32-39-9-11-45(31)32)33(43-16-21-5-6-22(17-43)40-21)42-34(41-30)47-18-35-8-3-10-44(35)15-20(36)14-35/h1,4,7,12-13,20-22,40,46H,3,5-6,8-11,14-18H2/t20-,21-,22+,35+/m1/s1. The summed E-state index contributed by atoms with van der Waals surface area (Å²) in [7, 11) is 0. The minimum atomic E-state index is -0.917. The lowest BCUT2D eigenvalue weighted by Crippen LogP contribution is -2.52. The van der Waals surface area contributed by atoms with Gasteiger partial charge in [0, 0.05) is 55.6 Å². The number of hydrogen-bond donors (Lipinski definition) is 2. The number of hydrogen-bond acceptors (Lipinski definition) is 9. The number of nitrogens with zero attached hydrogens (tertiary/aromatic N) is 6. The number of ether oxygens (including phenoxy) is 1. The van der Waals surface area contributed by atoms with Crippen LogP contribution in [0.5, 0.6) is 11.8 Å².